The van der Waals surface area contributed by atoms with Crippen LogP contribution in [0.25, 0.3) is 10.8 Å². The van der Waals surface area contributed by atoms with Gasteiger partial charge in [-0.25, -0.2) is 4.98 Å². The lowest BCUT2D eigenvalue weighted by Crippen LogP contribution is -2.35. The number of amides is 1. The van der Waals surface area contributed by atoms with Crippen LogP contribution in [0.3, 0.4) is 0 Å². The molecule has 1 saturated heterocycles. The van der Waals surface area contributed by atoms with Gasteiger partial charge in [-0.1, -0.05) is 42.8 Å². The molecule has 3 aromatic rings. The van der Waals surface area contributed by atoms with Gasteiger partial charge in [-0.15, -0.1) is 0 Å². The molecule has 0 radical (unpaired) electrons. The third-order valence-corrected chi connectivity index (χ3v) is 5.57. The Labute approximate surface area is 170 Å². The van der Waals surface area contributed by atoms with Crippen LogP contribution in [0.2, 0.25) is 5.02 Å². The number of aryl methyl sites for hydroxylation is 1. The van der Waals surface area contributed by atoms with Crippen LogP contribution in [0, 0.1) is 0 Å². The molecule has 0 atom stereocenters. The number of hydrogen-bond donors (Lipinski definition) is 1. The second-order valence-corrected chi connectivity index (χ2v) is 7.64. The molecule has 4 rings (SSSR count). The molecule has 0 bridgehead atoms. The van der Waals surface area contributed by atoms with Crippen LogP contribution >= 0.6 is 11.6 Å². The van der Waals surface area contributed by atoms with Crippen LogP contribution in [0.4, 0.5) is 11.5 Å². The summed E-state index contributed by atoms with van der Waals surface area (Å²) in [4.78, 5) is 19.8. The number of pyridine rings is 1. The first-order valence-electron chi connectivity index (χ1n) is 9.90. The number of halogens is 1. The van der Waals surface area contributed by atoms with Gasteiger partial charge < -0.3 is 10.2 Å². The van der Waals surface area contributed by atoms with E-state index >= 15 is 0 Å². The summed E-state index contributed by atoms with van der Waals surface area (Å²) in [7, 11) is 0. The van der Waals surface area contributed by atoms with Crippen molar-refractivity contribution in [1.29, 1.82) is 0 Å². The van der Waals surface area contributed by atoms with E-state index in [-0.39, 0.29) is 5.91 Å². The average Bonchev–Trinajstić information content (AvgIpc) is 2.74. The minimum atomic E-state index is 0.0902. The normalized spacial score (nSPS) is 14.3. The minimum absolute atomic E-state index is 0.0902. The van der Waals surface area contributed by atoms with Crippen LogP contribution < -0.4 is 5.32 Å². The van der Waals surface area contributed by atoms with Gasteiger partial charge in [-0.3, -0.25) is 4.79 Å². The highest BCUT2D eigenvalue weighted by Crippen LogP contribution is 2.31. The van der Waals surface area contributed by atoms with Crippen molar-refractivity contribution >= 4 is 39.8 Å². The third kappa shape index (κ3) is 3.69. The first kappa shape index (κ1) is 18.8. The monoisotopic (exact) mass is 393 g/mol. The number of hydrogen-bond acceptors (Lipinski definition) is 3. The summed E-state index contributed by atoms with van der Waals surface area (Å²) in [6, 6.07) is 13.7. The molecular weight excluding hydrogens is 370 g/mol. The molecule has 0 unspecified atom stereocenters. The van der Waals surface area contributed by atoms with Gasteiger partial charge in [0, 0.05) is 40.8 Å². The molecule has 0 aliphatic carbocycles. The van der Waals surface area contributed by atoms with Crippen molar-refractivity contribution in [3.05, 3.63) is 64.8 Å². The van der Waals surface area contributed by atoms with Gasteiger partial charge >= 0.3 is 0 Å². The SMILES string of the molecule is CCc1cccc2c(Nc3cccc(Cl)c3)ncc(C(=O)N3CCCCC3)c12. The number of carbonyl (C=O) groups is 1. The van der Waals surface area contributed by atoms with Crippen molar-refractivity contribution in [3.8, 4) is 0 Å². The molecule has 0 saturated carbocycles. The number of benzene rings is 2. The summed E-state index contributed by atoms with van der Waals surface area (Å²) in [6.45, 7) is 3.78. The van der Waals surface area contributed by atoms with Crippen molar-refractivity contribution in [1.82, 2.24) is 9.88 Å². The Bertz CT molecular complexity index is 1010. The summed E-state index contributed by atoms with van der Waals surface area (Å²) >= 11 is 6.12. The molecule has 1 fully saturated rings. The van der Waals surface area contributed by atoms with E-state index in [0.717, 1.165) is 60.2 Å². The van der Waals surface area contributed by atoms with Gasteiger partial charge in [0.15, 0.2) is 0 Å². The Morgan fingerprint density at radius 2 is 1.93 bits per heavy atom. The van der Waals surface area contributed by atoms with Gasteiger partial charge in [0.25, 0.3) is 5.91 Å². The van der Waals surface area contributed by atoms with Crippen LogP contribution in [0.15, 0.2) is 48.7 Å². The molecule has 1 amide bonds. The van der Waals surface area contributed by atoms with Crippen LogP contribution in [0.5, 0.6) is 0 Å². The molecule has 0 spiro atoms. The molecular formula is C23H24ClN3O. The van der Waals surface area contributed by atoms with Crippen molar-refractivity contribution in [2.24, 2.45) is 0 Å². The lowest BCUT2D eigenvalue weighted by molar-refractivity contribution is 0.0726. The summed E-state index contributed by atoms with van der Waals surface area (Å²) in [6.07, 6.45) is 5.94. The molecule has 1 N–H and O–H groups in total. The third-order valence-electron chi connectivity index (χ3n) is 5.34. The maximum absolute atomic E-state index is 13.2. The number of fused-ring (bicyclic) bond motifs is 1. The Morgan fingerprint density at radius 1 is 1.14 bits per heavy atom. The largest absolute Gasteiger partial charge is 0.340 e. The van der Waals surface area contributed by atoms with Gasteiger partial charge in [-0.05, 0) is 49.4 Å². The topological polar surface area (TPSA) is 45.2 Å². The minimum Gasteiger partial charge on any atom is -0.340 e. The molecule has 1 aliphatic heterocycles. The maximum atomic E-state index is 13.2. The molecule has 1 aliphatic rings. The molecule has 5 heteroatoms. The molecule has 28 heavy (non-hydrogen) atoms. The first-order valence-corrected chi connectivity index (χ1v) is 10.3. The summed E-state index contributed by atoms with van der Waals surface area (Å²) in [5.74, 6) is 0.829. The van der Waals surface area contributed by atoms with Gasteiger partial charge in [-0.2, -0.15) is 0 Å². The van der Waals surface area contributed by atoms with Crippen molar-refractivity contribution in [3.63, 3.8) is 0 Å². The molecule has 4 nitrogen and oxygen atoms in total. The fraction of sp³-hybridized carbons (Fsp3) is 0.304. The highest BCUT2D eigenvalue weighted by molar-refractivity contribution is 6.30. The lowest BCUT2D eigenvalue weighted by Gasteiger charge is -2.27. The Hall–Kier alpha value is -2.59. The number of aromatic nitrogens is 1. The summed E-state index contributed by atoms with van der Waals surface area (Å²) in [5.41, 5.74) is 2.73. The predicted octanol–water partition coefficient (Wildman–Crippen LogP) is 5.82. The first-order chi connectivity index (χ1) is 13.7. The summed E-state index contributed by atoms with van der Waals surface area (Å²) in [5, 5.41) is 5.99. The fourth-order valence-electron chi connectivity index (χ4n) is 3.91. The maximum Gasteiger partial charge on any atom is 0.256 e. The Balaban J connectivity index is 1.80. The second-order valence-electron chi connectivity index (χ2n) is 7.20. The lowest BCUT2D eigenvalue weighted by atomic mass is 9.98. The zero-order chi connectivity index (χ0) is 19.5. The zero-order valence-electron chi connectivity index (χ0n) is 16.0. The van der Waals surface area contributed by atoms with Crippen molar-refractivity contribution in [2.45, 2.75) is 32.6 Å². The van der Waals surface area contributed by atoms with Gasteiger partial charge in [0.2, 0.25) is 0 Å². The van der Waals surface area contributed by atoms with Gasteiger partial charge in [0.1, 0.15) is 5.82 Å². The predicted molar refractivity (Wildman–Crippen MR) is 116 cm³/mol. The highest BCUT2D eigenvalue weighted by atomic mass is 35.5. The van der Waals surface area contributed by atoms with E-state index in [2.05, 4.69) is 23.3 Å². The smallest absolute Gasteiger partial charge is 0.256 e. The highest BCUT2D eigenvalue weighted by Gasteiger charge is 2.22. The van der Waals surface area contributed by atoms with E-state index in [1.54, 1.807) is 6.20 Å². The molecule has 2 heterocycles. The number of carbonyl (C=O) groups excluding carboxylic acids is 1. The number of piperidine rings is 1. The van der Waals surface area contributed by atoms with Crippen LogP contribution in [-0.4, -0.2) is 28.9 Å². The number of nitrogens with zero attached hydrogens (tertiary/aromatic N) is 2. The number of rotatable bonds is 4. The second kappa shape index (κ2) is 8.19. The van der Waals surface area contributed by atoms with E-state index in [1.807, 2.05) is 41.3 Å². The summed E-state index contributed by atoms with van der Waals surface area (Å²) < 4.78 is 0. The van der Waals surface area contributed by atoms with Crippen molar-refractivity contribution in [2.75, 3.05) is 18.4 Å². The molecule has 144 valence electrons. The number of nitrogens with one attached hydrogen (secondary N) is 1. The van der Waals surface area contributed by atoms with Crippen LogP contribution in [0.1, 0.15) is 42.1 Å². The van der Waals surface area contributed by atoms with Gasteiger partial charge in [0.05, 0.1) is 5.56 Å². The van der Waals surface area contributed by atoms with Crippen LogP contribution in [-0.2, 0) is 6.42 Å². The average molecular weight is 394 g/mol. The zero-order valence-corrected chi connectivity index (χ0v) is 16.8. The quantitative estimate of drug-likeness (QED) is 0.607. The van der Waals surface area contributed by atoms with E-state index in [9.17, 15) is 4.79 Å². The van der Waals surface area contributed by atoms with Crippen molar-refractivity contribution < 1.29 is 4.79 Å². The fourth-order valence-corrected chi connectivity index (χ4v) is 4.10. The molecule has 2 aromatic carbocycles. The van der Waals surface area contributed by atoms with E-state index in [4.69, 9.17) is 11.6 Å². The Morgan fingerprint density at radius 3 is 2.68 bits per heavy atom. The number of anilines is 2. The Kier molecular flexibility index (Phi) is 5.49. The van der Waals surface area contributed by atoms with E-state index in [1.165, 1.54) is 6.42 Å². The standard InChI is InChI=1S/C23H24ClN3O/c1-2-16-8-6-11-19-21(16)20(23(28)27-12-4-3-5-13-27)15-25-22(19)26-18-10-7-9-17(24)14-18/h6-11,14-15H,2-5,12-13H2,1H3,(H,25,26). The molecule has 1 aromatic heterocycles. The van der Waals surface area contributed by atoms with E-state index < -0.39 is 0 Å². The van der Waals surface area contributed by atoms with E-state index in [0.29, 0.717) is 10.6 Å². The number of likely N-dealkylation sites (tertiary alicyclic amines) is 1.